The van der Waals surface area contributed by atoms with Crippen LogP contribution in [0, 0.1) is 0 Å². The number of aliphatic hydroxyl groups excluding tert-OH is 1. The molecule has 0 aromatic heterocycles. The van der Waals surface area contributed by atoms with Gasteiger partial charge in [0.05, 0.1) is 6.61 Å². The highest BCUT2D eigenvalue weighted by Gasteiger charge is 2.32. The van der Waals surface area contributed by atoms with Crippen molar-refractivity contribution in [3.05, 3.63) is 23.8 Å². The molecule has 1 aromatic carbocycles. The molecule has 0 atom stereocenters. The molecule has 0 fully saturated rings. The number of aliphatic hydroxyl groups is 1. The fourth-order valence-electron chi connectivity index (χ4n) is 1.41. The van der Waals surface area contributed by atoms with Crippen LogP contribution in [0.2, 0.25) is 0 Å². The standard InChI is InChI=1S/C10H12O3/c1-10(2)12-8-5-3-4-7(6-11)9(8)13-10/h3-5,11H,6H2,1-2H3. The van der Waals surface area contributed by atoms with E-state index in [0.29, 0.717) is 11.5 Å². The van der Waals surface area contributed by atoms with Crippen LogP contribution in [0.15, 0.2) is 18.2 Å². The summed E-state index contributed by atoms with van der Waals surface area (Å²) >= 11 is 0. The molecule has 0 amide bonds. The fraction of sp³-hybridized carbons (Fsp3) is 0.400. The van der Waals surface area contributed by atoms with Gasteiger partial charge in [-0.25, -0.2) is 0 Å². The van der Waals surface area contributed by atoms with Crippen LogP contribution in [-0.2, 0) is 6.61 Å². The summed E-state index contributed by atoms with van der Waals surface area (Å²) in [4.78, 5) is 0. The van der Waals surface area contributed by atoms with E-state index in [1.807, 2.05) is 32.0 Å². The molecule has 2 rings (SSSR count). The minimum atomic E-state index is -0.617. The first-order valence-corrected chi connectivity index (χ1v) is 4.23. The van der Waals surface area contributed by atoms with E-state index < -0.39 is 5.79 Å². The number of rotatable bonds is 1. The van der Waals surface area contributed by atoms with Gasteiger partial charge in [-0.2, -0.15) is 0 Å². The van der Waals surface area contributed by atoms with E-state index in [1.54, 1.807) is 0 Å². The molecule has 1 aliphatic heterocycles. The maximum Gasteiger partial charge on any atom is 0.246 e. The molecule has 0 unspecified atom stereocenters. The lowest BCUT2D eigenvalue weighted by Gasteiger charge is -2.16. The lowest BCUT2D eigenvalue weighted by molar-refractivity contribution is -0.0437. The van der Waals surface area contributed by atoms with Gasteiger partial charge in [0.1, 0.15) is 0 Å². The normalized spacial score (nSPS) is 17.5. The second-order valence-electron chi connectivity index (χ2n) is 3.51. The summed E-state index contributed by atoms with van der Waals surface area (Å²) in [6, 6.07) is 5.50. The zero-order valence-corrected chi connectivity index (χ0v) is 7.70. The van der Waals surface area contributed by atoms with Gasteiger partial charge < -0.3 is 14.6 Å². The Labute approximate surface area is 76.9 Å². The largest absolute Gasteiger partial charge is 0.449 e. The molecule has 0 aliphatic carbocycles. The smallest absolute Gasteiger partial charge is 0.246 e. The van der Waals surface area contributed by atoms with Crippen LogP contribution in [0.1, 0.15) is 19.4 Å². The molecule has 0 radical (unpaired) electrons. The third kappa shape index (κ3) is 1.35. The van der Waals surface area contributed by atoms with E-state index in [0.717, 1.165) is 5.56 Å². The van der Waals surface area contributed by atoms with Crippen molar-refractivity contribution in [3.63, 3.8) is 0 Å². The summed E-state index contributed by atoms with van der Waals surface area (Å²) in [5, 5.41) is 9.04. The van der Waals surface area contributed by atoms with Crippen LogP contribution in [0.5, 0.6) is 11.5 Å². The molecule has 70 valence electrons. The molecule has 1 heterocycles. The number of para-hydroxylation sites is 1. The molecule has 0 saturated heterocycles. The van der Waals surface area contributed by atoms with E-state index >= 15 is 0 Å². The van der Waals surface area contributed by atoms with Crippen molar-refractivity contribution in [3.8, 4) is 11.5 Å². The first-order chi connectivity index (χ1) is 6.12. The zero-order valence-electron chi connectivity index (χ0n) is 7.70. The quantitative estimate of drug-likeness (QED) is 0.714. The maximum atomic E-state index is 9.04. The summed E-state index contributed by atoms with van der Waals surface area (Å²) in [5.41, 5.74) is 0.767. The Kier molecular flexibility index (Phi) is 1.70. The highest BCUT2D eigenvalue weighted by molar-refractivity contribution is 5.48. The van der Waals surface area contributed by atoms with Crippen LogP contribution in [0.4, 0.5) is 0 Å². The van der Waals surface area contributed by atoms with E-state index in [-0.39, 0.29) is 6.61 Å². The zero-order chi connectivity index (χ0) is 9.47. The SMILES string of the molecule is CC1(C)Oc2cccc(CO)c2O1. The van der Waals surface area contributed by atoms with Crippen molar-refractivity contribution >= 4 is 0 Å². The molecule has 1 N–H and O–H groups in total. The molecule has 0 saturated carbocycles. The van der Waals surface area contributed by atoms with Crippen molar-refractivity contribution < 1.29 is 14.6 Å². The Balaban J connectivity index is 2.45. The molecular weight excluding hydrogens is 168 g/mol. The molecule has 0 bridgehead atoms. The van der Waals surface area contributed by atoms with E-state index in [9.17, 15) is 0 Å². The molecule has 3 heteroatoms. The second-order valence-corrected chi connectivity index (χ2v) is 3.51. The Morgan fingerprint density at radius 3 is 2.77 bits per heavy atom. The summed E-state index contributed by atoms with van der Waals surface area (Å²) in [5.74, 6) is 0.750. The number of hydrogen-bond donors (Lipinski definition) is 1. The lowest BCUT2D eigenvalue weighted by Crippen LogP contribution is -2.29. The van der Waals surface area contributed by atoms with E-state index in [2.05, 4.69) is 0 Å². The van der Waals surface area contributed by atoms with Gasteiger partial charge in [-0.3, -0.25) is 0 Å². The molecule has 0 spiro atoms. The lowest BCUT2D eigenvalue weighted by atomic mass is 10.2. The van der Waals surface area contributed by atoms with E-state index in [4.69, 9.17) is 14.6 Å². The third-order valence-corrected chi connectivity index (χ3v) is 1.93. The van der Waals surface area contributed by atoms with Gasteiger partial charge in [0.25, 0.3) is 0 Å². The minimum absolute atomic E-state index is 0.0252. The second kappa shape index (κ2) is 2.64. The highest BCUT2D eigenvalue weighted by Crippen LogP contribution is 2.41. The van der Waals surface area contributed by atoms with E-state index in [1.165, 1.54) is 0 Å². The van der Waals surface area contributed by atoms with Crippen molar-refractivity contribution in [2.45, 2.75) is 26.2 Å². The average Bonchev–Trinajstić information content (AvgIpc) is 2.37. The summed E-state index contributed by atoms with van der Waals surface area (Å²) in [7, 11) is 0. The van der Waals surface area contributed by atoms with Gasteiger partial charge in [0.15, 0.2) is 11.5 Å². The molecular formula is C10H12O3. The van der Waals surface area contributed by atoms with Gasteiger partial charge in [0, 0.05) is 19.4 Å². The summed E-state index contributed by atoms with van der Waals surface area (Å²) in [6.07, 6.45) is 0. The predicted molar refractivity (Wildman–Crippen MR) is 47.7 cm³/mol. The van der Waals surface area contributed by atoms with Gasteiger partial charge >= 0.3 is 0 Å². The van der Waals surface area contributed by atoms with Crippen molar-refractivity contribution in [2.75, 3.05) is 0 Å². The van der Waals surface area contributed by atoms with Gasteiger partial charge in [-0.15, -0.1) is 0 Å². The summed E-state index contributed by atoms with van der Waals surface area (Å²) < 4.78 is 11.0. The van der Waals surface area contributed by atoms with Crippen molar-refractivity contribution in [2.24, 2.45) is 0 Å². The van der Waals surface area contributed by atoms with Crippen LogP contribution < -0.4 is 9.47 Å². The maximum absolute atomic E-state index is 9.04. The first kappa shape index (κ1) is 8.38. The average molecular weight is 180 g/mol. The Morgan fingerprint density at radius 1 is 1.31 bits per heavy atom. The third-order valence-electron chi connectivity index (χ3n) is 1.93. The molecule has 3 nitrogen and oxygen atoms in total. The van der Waals surface area contributed by atoms with Gasteiger partial charge in [-0.05, 0) is 6.07 Å². The number of ether oxygens (including phenoxy) is 2. The topological polar surface area (TPSA) is 38.7 Å². The van der Waals surface area contributed by atoms with Crippen LogP contribution in [-0.4, -0.2) is 10.9 Å². The number of hydrogen-bond acceptors (Lipinski definition) is 3. The minimum Gasteiger partial charge on any atom is -0.449 e. The Hall–Kier alpha value is -1.22. The first-order valence-electron chi connectivity index (χ1n) is 4.23. The molecule has 1 aliphatic rings. The van der Waals surface area contributed by atoms with Crippen molar-refractivity contribution in [1.29, 1.82) is 0 Å². The Bertz CT molecular complexity index is 331. The summed E-state index contributed by atoms with van der Waals surface area (Å²) in [6.45, 7) is 3.66. The van der Waals surface area contributed by atoms with Gasteiger partial charge in [-0.1, -0.05) is 12.1 Å². The van der Waals surface area contributed by atoms with Gasteiger partial charge in [0.2, 0.25) is 5.79 Å². The molecule has 13 heavy (non-hydrogen) atoms. The number of benzene rings is 1. The monoisotopic (exact) mass is 180 g/mol. The van der Waals surface area contributed by atoms with Crippen LogP contribution in [0.25, 0.3) is 0 Å². The molecule has 1 aromatic rings. The number of fused-ring (bicyclic) bond motifs is 1. The van der Waals surface area contributed by atoms with Crippen LogP contribution in [0.3, 0.4) is 0 Å². The highest BCUT2D eigenvalue weighted by atomic mass is 16.7. The fourth-order valence-corrected chi connectivity index (χ4v) is 1.41. The van der Waals surface area contributed by atoms with Crippen LogP contribution >= 0.6 is 0 Å². The Morgan fingerprint density at radius 2 is 2.08 bits per heavy atom. The van der Waals surface area contributed by atoms with Crippen molar-refractivity contribution in [1.82, 2.24) is 0 Å². The predicted octanol–water partition coefficient (Wildman–Crippen LogP) is 1.69.